The van der Waals surface area contributed by atoms with E-state index in [1.165, 1.54) is 12.4 Å². The summed E-state index contributed by atoms with van der Waals surface area (Å²) in [6, 6.07) is 7.80. The van der Waals surface area contributed by atoms with Gasteiger partial charge < -0.3 is 20.3 Å². The SMILES string of the molecule is COc1ccc(CCNC(=O)c2cnc(NCCN(C)C)nc2)cc1. The number of ether oxygens (including phenoxy) is 1. The Balaban J connectivity index is 1.76. The topological polar surface area (TPSA) is 79.4 Å². The molecule has 0 aliphatic heterocycles. The number of carbonyl (C=O) groups excluding carboxylic acids is 1. The van der Waals surface area contributed by atoms with Crippen LogP contribution in [-0.2, 0) is 6.42 Å². The van der Waals surface area contributed by atoms with Gasteiger partial charge in [0.25, 0.3) is 5.91 Å². The molecule has 25 heavy (non-hydrogen) atoms. The minimum Gasteiger partial charge on any atom is -0.497 e. The van der Waals surface area contributed by atoms with Crippen LogP contribution in [-0.4, -0.2) is 61.6 Å². The van der Waals surface area contributed by atoms with Gasteiger partial charge >= 0.3 is 0 Å². The summed E-state index contributed by atoms with van der Waals surface area (Å²) in [7, 11) is 5.64. The maximum absolute atomic E-state index is 12.1. The van der Waals surface area contributed by atoms with Crippen molar-refractivity contribution >= 4 is 11.9 Å². The molecule has 0 aliphatic rings. The molecule has 0 saturated heterocycles. The second-order valence-electron chi connectivity index (χ2n) is 5.88. The number of nitrogens with zero attached hydrogens (tertiary/aromatic N) is 3. The van der Waals surface area contributed by atoms with E-state index in [0.29, 0.717) is 18.1 Å². The monoisotopic (exact) mass is 343 g/mol. The maximum atomic E-state index is 12.1. The first-order valence-corrected chi connectivity index (χ1v) is 8.20. The quantitative estimate of drug-likeness (QED) is 0.717. The highest BCUT2D eigenvalue weighted by molar-refractivity contribution is 5.93. The van der Waals surface area contributed by atoms with Gasteiger partial charge in [-0.2, -0.15) is 0 Å². The summed E-state index contributed by atoms with van der Waals surface area (Å²) < 4.78 is 5.12. The Morgan fingerprint density at radius 1 is 1.12 bits per heavy atom. The van der Waals surface area contributed by atoms with Crippen molar-refractivity contribution in [3.05, 3.63) is 47.8 Å². The van der Waals surface area contributed by atoms with Crippen LogP contribution in [0.25, 0.3) is 0 Å². The van der Waals surface area contributed by atoms with Gasteiger partial charge in [0.2, 0.25) is 5.95 Å². The van der Waals surface area contributed by atoms with Crippen molar-refractivity contribution in [1.82, 2.24) is 20.2 Å². The van der Waals surface area contributed by atoms with Gasteiger partial charge in [0.15, 0.2) is 0 Å². The van der Waals surface area contributed by atoms with Crippen molar-refractivity contribution < 1.29 is 9.53 Å². The summed E-state index contributed by atoms with van der Waals surface area (Å²) in [5, 5.41) is 5.99. The fourth-order valence-corrected chi connectivity index (χ4v) is 2.14. The van der Waals surface area contributed by atoms with Gasteiger partial charge in [0.1, 0.15) is 5.75 Å². The molecule has 134 valence electrons. The van der Waals surface area contributed by atoms with Gasteiger partial charge in [-0.05, 0) is 38.2 Å². The average molecular weight is 343 g/mol. The first-order valence-electron chi connectivity index (χ1n) is 8.20. The Kier molecular flexibility index (Phi) is 7.16. The van der Waals surface area contributed by atoms with E-state index in [2.05, 4.69) is 25.5 Å². The third-order valence-corrected chi connectivity index (χ3v) is 3.61. The molecule has 2 rings (SSSR count). The number of likely N-dealkylation sites (N-methyl/N-ethyl adjacent to an activating group) is 1. The van der Waals surface area contributed by atoms with Crippen molar-refractivity contribution in [1.29, 1.82) is 0 Å². The smallest absolute Gasteiger partial charge is 0.254 e. The Morgan fingerprint density at radius 3 is 2.40 bits per heavy atom. The molecule has 1 aromatic carbocycles. The molecule has 0 aliphatic carbocycles. The number of methoxy groups -OCH3 is 1. The summed E-state index contributed by atoms with van der Waals surface area (Å²) >= 11 is 0. The van der Waals surface area contributed by atoms with Crippen LogP contribution in [0.15, 0.2) is 36.7 Å². The molecule has 2 aromatic rings. The lowest BCUT2D eigenvalue weighted by molar-refractivity contribution is 0.0953. The van der Waals surface area contributed by atoms with Crippen LogP contribution >= 0.6 is 0 Å². The minimum atomic E-state index is -0.173. The fourth-order valence-electron chi connectivity index (χ4n) is 2.14. The molecule has 0 radical (unpaired) electrons. The molecule has 0 spiro atoms. The number of nitrogens with one attached hydrogen (secondary N) is 2. The van der Waals surface area contributed by atoms with Crippen LogP contribution in [0.5, 0.6) is 5.75 Å². The Bertz CT molecular complexity index is 656. The van der Waals surface area contributed by atoms with Crippen molar-refractivity contribution in [2.24, 2.45) is 0 Å². The van der Waals surface area contributed by atoms with E-state index in [1.54, 1.807) is 7.11 Å². The first-order chi connectivity index (χ1) is 12.1. The highest BCUT2D eigenvalue weighted by Gasteiger charge is 2.07. The summed E-state index contributed by atoms with van der Waals surface area (Å²) in [6.45, 7) is 2.19. The van der Waals surface area contributed by atoms with Crippen molar-refractivity contribution in [3.63, 3.8) is 0 Å². The van der Waals surface area contributed by atoms with Crippen LogP contribution in [0.4, 0.5) is 5.95 Å². The van der Waals surface area contributed by atoms with Gasteiger partial charge in [0, 0.05) is 32.0 Å². The summed E-state index contributed by atoms with van der Waals surface area (Å²) in [5.74, 6) is 1.18. The van der Waals surface area contributed by atoms with E-state index in [0.717, 1.165) is 30.8 Å². The largest absolute Gasteiger partial charge is 0.497 e. The molecule has 0 atom stereocenters. The van der Waals surface area contributed by atoms with Crippen LogP contribution < -0.4 is 15.4 Å². The zero-order valence-electron chi connectivity index (χ0n) is 15.0. The molecule has 7 nitrogen and oxygen atoms in total. The van der Waals surface area contributed by atoms with Crippen molar-refractivity contribution in [2.75, 3.05) is 46.2 Å². The lowest BCUT2D eigenvalue weighted by Gasteiger charge is -2.10. The first kappa shape index (κ1) is 18.7. The van der Waals surface area contributed by atoms with E-state index in [1.807, 2.05) is 38.4 Å². The molecule has 7 heteroatoms. The third kappa shape index (κ3) is 6.39. The molecule has 1 aromatic heterocycles. The molecular weight excluding hydrogens is 318 g/mol. The van der Waals surface area contributed by atoms with Gasteiger partial charge in [0.05, 0.1) is 12.7 Å². The van der Waals surface area contributed by atoms with Crippen LogP contribution in [0, 0.1) is 0 Å². The molecule has 1 amide bonds. The van der Waals surface area contributed by atoms with E-state index in [-0.39, 0.29) is 5.91 Å². The number of hydrogen-bond acceptors (Lipinski definition) is 6. The third-order valence-electron chi connectivity index (χ3n) is 3.61. The summed E-state index contributed by atoms with van der Waals surface area (Å²) in [4.78, 5) is 22.5. The van der Waals surface area contributed by atoms with Crippen molar-refractivity contribution in [3.8, 4) is 5.75 Å². The number of anilines is 1. The predicted octanol–water partition coefficient (Wildman–Crippen LogP) is 1.43. The fraction of sp³-hybridized carbons (Fsp3) is 0.389. The lowest BCUT2D eigenvalue weighted by Crippen LogP contribution is -2.26. The zero-order valence-corrected chi connectivity index (χ0v) is 15.0. The minimum absolute atomic E-state index is 0.173. The molecule has 0 unspecified atom stereocenters. The number of hydrogen-bond donors (Lipinski definition) is 2. The predicted molar refractivity (Wildman–Crippen MR) is 98.1 cm³/mol. The van der Waals surface area contributed by atoms with Crippen molar-refractivity contribution in [2.45, 2.75) is 6.42 Å². The Hall–Kier alpha value is -2.67. The second kappa shape index (κ2) is 9.58. The van der Waals surface area contributed by atoms with Crippen LogP contribution in [0.1, 0.15) is 15.9 Å². The standard InChI is InChI=1S/C18H25N5O2/c1-23(2)11-10-20-18-21-12-15(13-22-18)17(24)19-9-8-14-4-6-16(25-3)7-5-14/h4-7,12-13H,8-11H2,1-3H3,(H,19,24)(H,20,21,22). The second-order valence-corrected chi connectivity index (χ2v) is 5.88. The van der Waals surface area contributed by atoms with E-state index in [9.17, 15) is 4.79 Å². The average Bonchev–Trinajstić information content (AvgIpc) is 2.62. The Morgan fingerprint density at radius 2 is 1.80 bits per heavy atom. The number of rotatable bonds is 9. The molecular formula is C18H25N5O2. The van der Waals surface area contributed by atoms with E-state index >= 15 is 0 Å². The van der Waals surface area contributed by atoms with Gasteiger partial charge in [-0.25, -0.2) is 9.97 Å². The normalized spacial score (nSPS) is 10.6. The molecule has 0 fully saturated rings. The number of aromatic nitrogens is 2. The van der Waals surface area contributed by atoms with Gasteiger partial charge in [-0.15, -0.1) is 0 Å². The Labute approximate surface area is 148 Å². The summed E-state index contributed by atoms with van der Waals surface area (Å²) in [5.41, 5.74) is 1.59. The van der Waals surface area contributed by atoms with Crippen LogP contribution in [0.2, 0.25) is 0 Å². The van der Waals surface area contributed by atoms with Gasteiger partial charge in [-0.1, -0.05) is 12.1 Å². The highest BCUT2D eigenvalue weighted by atomic mass is 16.5. The van der Waals surface area contributed by atoms with Crippen LogP contribution in [0.3, 0.4) is 0 Å². The van der Waals surface area contributed by atoms with E-state index < -0.39 is 0 Å². The molecule has 0 saturated carbocycles. The molecule has 2 N–H and O–H groups in total. The number of amides is 1. The number of benzene rings is 1. The zero-order chi connectivity index (χ0) is 18.1. The summed E-state index contributed by atoms with van der Waals surface area (Å²) in [6.07, 6.45) is 3.82. The highest BCUT2D eigenvalue weighted by Crippen LogP contribution is 2.11. The number of carbonyl (C=O) groups is 1. The molecule has 0 bridgehead atoms. The molecule has 1 heterocycles. The maximum Gasteiger partial charge on any atom is 0.254 e. The van der Waals surface area contributed by atoms with E-state index in [4.69, 9.17) is 4.74 Å². The lowest BCUT2D eigenvalue weighted by atomic mass is 10.1. The van der Waals surface area contributed by atoms with Gasteiger partial charge in [-0.3, -0.25) is 4.79 Å².